The maximum Gasteiger partial charge on any atom is 0.387 e. The number of ether oxygens (including phenoxy) is 1. The van der Waals surface area contributed by atoms with Crippen LogP contribution in [-0.2, 0) is 11.8 Å². The lowest BCUT2D eigenvalue weighted by molar-refractivity contribution is -0.137. The van der Waals surface area contributed by atoms with E-state index >= 15 is 0 Å². The number of imidazole rings is 1. The molecular weight excluding hydrogens is 584 g/mol. The van der Waals surface area contributed by atoms with E-state index in [1.54, 1.807) is 4.90 Å². The molecule has 0 aliphatic carbocycles. The largest absolute Gasteiger partial charge is 0.432 e. The molecule has 10 nitrogen and oxygen atoms in total. The first kappa shape index (κ1) is 30.8. The molecule has 3 amide bonds. The van der Waals surface area contributed by atoms with Crippen molar-refractivity contribution in [3.05, 3.63) is 64.6 Å². The molecule has 0 saturated carbocycles. The van der Waals surface area contributed by atoms with Gasteiger partial charge in [0, 0.05) is 50.9 Å². The zero-order valence-electron chi connectivity index (χ0n) is 22.3. The van der Waals surface area contributed by atoms with Gasteiger partial charge >= 0.3 is 6.61 Å². The number of carbonyl (C=O) groups is 3. The van der Waals surface area contributed by atoms with E-state index in [9.17, 15) is 31.9 Å². The van der Waals surface area contributed by atoms with Gasteiger partial charge in [0.25, 0.3) is 11.8 Å². The second kappa shape index (κ2) is 13.2. The summed E-state index contributed by atoms with van der Waals surface area (Å²) in [5.74, 6) is -4.98. The zero-order chi connectivity index (χ0) is 30.6. The molecule has 4 N–H and O–H groups in total. The summed E-state index contributed by atoms with van der Waals surface area (Å²) in [5.41, 5.74) is 5.52. The highest BCUT2D eigenvalue weighted by Gasteiger charge is 2.29. The number of nitrogens with zero attached hydrogens (tertiary/aromatic N) is 3. The Kier molecular flexibility index (Phi) is 9.68. The molecule has 1 aromatic heterocycles. The minimum absolute atomic E-state index is 0.00182. The lowest BCUT2D eigenvalue weighted by Crippen LogP contribution is -2.51. The summed E-state index contributed by atoms with van der Waals surface area (Å²) >= 11 is 6.29. The maximum absolute atomic E-state index is 14.6. The van der Waals surface area contributed by atoms with Gasteiger partial charge in [0.15, 0.2) is 17.4 Å². The Morgan fingerprint density at radius 2 is 1.88 bits per heavy atom. The van der Waals surface area contributed by atoms with E-state index in [-0.39, 0.29) is 39.3 Å². The van der Waals surface area contributed by atoms with Crippen LogP contribution in [0.25, 0.3) is 11.3 Å². The van der Waals surface area contributed by atoms with Crippen molar-refractivity contribution in [1.29, 1.82) is 0 Å². The number of benzene rings is 2. The van der Waals surface area contributed by atoms with Crippen molar-refractivity contribution in [2.75, 3.05) is 31.5 Å². The van der Waals surface area contributed by atoms with Crippen LogP contribution in [0.15, 0.2) is 36.5 Å². The lowest BCUT2D eigenvalue weighted by Gasteiger charge is -2.39. The highest BCUT2D eigenvalue weighted by Crippen LogP contribution is 2.31. The number of amides is 3. The molecular formula is C27H27ClF4N6O4. The van der Waals surface area contributed by atoms with Gasteiger partial charge in [-0.15, -0.1) is 0 Å². The third-order valence-electron chi connectivity index (χ3n) is 6.71. The first-order valence-electron chi connectivity index (χ1n) is 12.8. The van der Waals surface area contributed by atoms with E-state index in [4.69, 9.17) is 17.3 Å². The Bertz CT molecular complexity index is 1500. The molecule has 42 heavy (non-hydrogen) atoms. The van der Waals surface area contributed by atoms with E-state index in [1.165, 1.54) is 29.8 Å². The molecule has 1 aliphatic heterocycles. The first-order valence-corrected chi connectivity index (χ1v) is 13.2. The van der Waals surface area contributed by atoms with Crippen LogP contribution in [-0.4, -0.2) is 65.0 Å². The van der Waals surface area contributed by atoms with Crippen molar-refractivity contribution in [2.45, 2.75) is 19.5 Å². The molecule has 2 aromatic carbocycles. The number of hydrogen-bond acceptors (Lipinski definition) is 6. The summed E-state index contributed by atoms with van der Waals surface area (Å²) in [6.45, 7) is -1.36. The van der Waals surface area contributed by atoms with Crippen molar-refractivity contribution in [3.63, 3.8) is 0 Å². The van der Waals surface area contributed by atoms with E-state index in [2.05, 4.69) is 20.4 Å². The molecule has 3 aromatic rings. The first-order chi connectivity index (χ1) is 20.0. The molecule has 2 heterocycles. The van der Waals surface area contributed by atoms with E-state index < -0.39 is 35.8 Å². The van der Waals surface area contributed by atoms with Gasteiger partial charge in [0.1, 0.15) is 0 Å². The molecule has 0 bridgehead atoms. The summed E-state index contributed by atoms with van der Waals surface area (Å²) in [6.07, 6.45) is 2.14. The van der Waals surface area contributed by atoms with Crippen molar-refractivity contribution >= 4 is 35.0 Å². The Morgan fingerprint density at radius 3 is 2.55 bits per heavy atom. The number of halogens is 5. The second-order valence-corrected chi connectivity index (χ2v) is 9.95. The van der Waals surface area contributed by atoms with E-state index in [1.807, 2.05) is 0 Å². The summed E-state index contributed by atoms with van der Waals surface area (Å²) < 4.78 is 58.8. The van der Waals surface area contributed by atoms with Gasteiger partial charge in [-0.2, -0.15) is 13.2 Å². The topological polar surface area (TPSA) is 132 Å². The third-order valence-corrected chi connectivity index (χ3v) is 7.02. The van der Waals surface area contributed by atoms with Crippen LogP contribution < -0.4 is 21.1 Å². The summed E-state index contributed by atoms with van der Waals surface area (Å²) in [5, 5.41) is 5.44. The van der Waals surface area contributed by atoms with Gasteiger partial charge in [0.05, 0.1) is 22.5 Å². The van der Waals surface area contributed by atoms with Gasteiger partial charge in [0.2, 0.25) is 11.7 Å². The normalized spacial score (nSPS) is 13.2. The van der Waals surface area contributed by atoms with Crippen LogP contribution in [0, 0.1) is 17.6 Å². The standard InChI is InChI=1S/C27H27ClF4N6O4/c1-37-19(17-4-5-20(42-27(31)32)23(30)22(17)29)11-35-24(37)26(41)36-15-2-3-16(18(28)10-15)25(40)34-9-7-14-12-38(13-14)21(39)6-8-33/h2-5,10-11,14,27H,6-9,12-13,33H2,1H3,(H,34,40)(H,36,41). The lowest BCUT2D eigenvalue weighted by atomic mass is 9.96. The maximum atomic E-state index is 14.6. The van der Waals surface area contributed by atoms with Crippen molar-refractivity contribution < 1.29 is 36.7 Å². The number of anilines is 1. The highest BCUT2D eigenvalue weighted by atomic mass is 35.5. The molecule has 4 rings (SSSR count). The van der Waals surface area contributed by atoms with Crippen LogP contribution in [0.5, 0.6) is 5.75 Å². The Balaban J connectivity index is 1.34. The Morgan fingerprint density at radius 1 is 1.14 bits per heavy atom. The van der Waals surface area contributed by atoms with Gasteiger partial charge in [-0.1, -0.05) is 11.6 Å². The fourth-order valence-electron chi connectivity index (χ4n) is 4.47. The third kappa shape index (κ3) is 6.82. The number of alkyl halides is 2. The minimum atomic E-state index is -3.33. The smallest absolute Gasteiger partial charge is 0.387 e. The van der Waals surface area contributed by atoms with Gasteiger partial charge < -0.3 is 30.6 Å². The molecule has 0 radical (unpaired) electrons. The summed E-state index contributed by atoms with van der Waals surface area (Å²) in [6, 6.07) is 6.16. The average molecular weight is 611 g/mol. The van der Waals surface area contributed by atoms with Crippen LogP contribution in [0.1, 0.15) is 33.8 Å². The average Bonchev–Trinajstić information content (AvgIpc) is 3.29. The van der Waals surface area contributed by atoms with Crippen LogP contribution in [0.4, 0.5) is 23.2 Å². The number of rotatable bonds is 11. The molecule has 0 unspecified atom stereocenters. The van der Waals surface area contributed by atoms with Gasteiger partial charge in [-0.25, -0.2) is 9.37 Å². The fraction of sp³-hybridized carbons (Fsp3) is 0.333. The number of nitrogens with one attached hydrogen (secondary N) is 2. The molecule has 1 fully saturated rings. The fourth-order valence-corrected chi connectivity index (χ4v) is 4.74. The second-order valence-electron chi connectivity index (χ2n) is 9.54. The number of carbonyl (C=O) groups excluding carboxylic acids is 3. The van der Waals surface area contributed by atoms with Crippen LogP contribution in [0.2, 0.25) is 5.02 Å². The van der Waals surface area contributed by atoms with E-state index in [0.717, 1.165) is 18.3 Å². The monoisotopic (exact) mass is 610 g/mol. The number of aromatic nitrogens is 2. The molecule has 15 heteroatoms. The van der Waals surface area contributed by atoms with Gasteiger partial charge in [-0.3, -0.25) is 14.4 Å². The van der Waals surface area contributed by atoms with Crippen LogP contribution >= 0.6 is 11.6 Å². The Hall–Kier alpha value is -4.17. The SMILES string of the molecule is Cn1c(-c2ccc(OC(F)F)c(F)c2F)cnc1C(=O)Nc1ccc(C(=O)NCCC2CN(C(=O)CCN)C2)c(Cl)c1. The zero-order valence-corrected chi connectivity index (χ0v) is 23.1. The number of likely N-dealkylation sites (tertiary alicyclic amines) is 1. The predicted octanol–water partition coefficient (Wildman–Crippen LogP) is 3.80. The van der Waals surface area contributed by atoms with Gasteiger partial charge in [-0.05, 0) is 42.7 Å². The van der Waals surface area contributed by atoms with Crippen molar-refractivity contribution in [2.24, 2.45) is 18.7 Å². The van der Waals surface area contributed by atoms with Crippen molar-refractivity contribution in [1.82, 2.24) is 19.8 Å². The molecule has 0 spiro atoms. The molecule has 224 valence electrons. The van der Waals surface area contributed by atoms with E-state index in [0.29, 0.717) is 44.9 Å². The predicted molar refractivity (Wildman–Crippen MR) is 145 cm³/mol. The Labute approximate surface area is 242 Å². The highest BCUT2D eigenvalue weighted by molar-refractivity contribution is 6.34. The summed E-state index contributed by atoms with van der Waals surface area (Å²) in [4.78, 5) is 42.9. The molecule has 1 saturated heterocycles. The van der Waals surface area contributed by atoms with Crippen molar-refractivity contribution in [3.8, 4) is 17.0 Å². The molecule has 0 atom stereocenters. The number of nitrogens with two attached hydrogens (primary N) is 1. The van der Waals surface area contributed by atoms with Crippen LogP contribution in [0.3, 0.4) is 0 Å². The quantitative estimate of drug-likeness (QED) is 0.283. The molecule has 1 aliphatic rings. The summed E-state index contributed by atoms with van der Waals surface area (Å²) in [7, 11) is 1.39. The minimum Gasteiger partial charge on any atom is -0.432 e. The number of hydrogen-bond donors (Lipinski definition) is 3.